The number of anilines is 1. The van der Waals surface area contributed by atoms with E-state index in [-0.39, 0.29) is 5.56 Å². The van der Waals surface area contributed by atoms with Crippen molar-refractivity contribution in [1.29, 1.82) is 0 Å². The molecule has 82 valence electrons. The Balaban J connectivity index is 2.41. The van der Waals surface area contributed by atoms with Gasteiger partial charge in [-0.25, -0.2) is 0 Å². The summed E-state index contributed by atoms with van der Waals surface area (Å²) in [5.41, 5.74) is 5.55. The van der Waals surface area contributed by atoms with Gasteiger partial charge in [-0.05, 0) is 38.1 Å². The fourth-order valence-electron chi connectivity index (χ4n) is 1.40. The first-order chi connectivity index (χ1) is 7.65. The molecule has 0 fully saturated rings. The molecule has 4 heteroatoms. The number of hydrogen-bond acceptors (Lipinski definition) is 3. The van der Waals surface area contributed by atoms with Crippen molar-refractivity contribution in [1.82, 2.24) is 4.98 Å². The lowest BCUT2D eigenvalue weighted by Gasteiger charge is -2.03. The van der Waals surface area contributed by atoms with E-state index >= 15 is 0 Å². The molecule has 0 aliphatic carbocycles. The summed E-state index contributed by atoms with van der Waals surface area (Å²) in [5, 5.41) is 5.09. The van der Waals surface area contributed by atoms with Crippen LogP contribution in [0.2, 0.25) is 0 Å². The average molecular weight is 215 g/mol. The van der Waals surface area contributed by atoms with Crippen LogP contribution in [0.3, 0.4) is 0 Å². The molecule has 0 radical (unpaired) electrons. The predicted octanol–water partition coefficient (Wildman–Crippen LogP) is 2.34. The molecule has 0 unspecified atom stereocenters. The molecule has 0 amide bonds. The summed E-state index contributed by atoms with van der Waals surface area (Å²) >= 11 is 0. The Labute approximate surface area is 93.0 Å². The number of nitrogens with zero attached hydrogens (tertiary/aromatic N) is 1. The van der Waals surface area contributed by atoms with E-state index in [1.807, 2.05) is 32.0 Å². The summed E-state index contributed by atoms with van der Waals surface area (Å²) in [5.74, 6) is 0. The van der Waals surface area contributed by atoms with E-state index in [4.69, 9.17) is 0 Å². The van der Waals surface area contributed by atoms with E-state index < -0.39 is 0 Å². The fraction of sp³-hybridized carbons (Fsp3) is 0.167. The number of rotatable bonds is 2. The quantitative estimate of drug-likeness (QED) is 0.596. The summed E-state index contributed by atoms with van der Waals surface area (Å²) in [6.07, 6.45) is 0. The summed E-state index contributed by atoms with van der Waals surface area (Å²) in [6.45, 7) is 3.84. The van der Waals surface area contributed by atoms with Crippen molar-refractivity contribution >= 4 is 22.3 Å². The number of hydrogen-bond donors (Lipinski definition) is 2. The maximum absolute atomic E-state index is 11.1. The molecule has 1 aromatic carbocycles. The van der Waals surface area contributed by atoms with E-state index in [2.05, 4.69) is 15.5 Å². The Morgan fingerprint density at radius 3 is 2.81 bits per heavy atom. The highest BCUT2D eigenvalue weighted by Crippen LogP contribution is 2.15. The van der Waals surface area contributed by atoms with Gasteiger partial charge in [0.25, 0.3) is 0 Å². The number of aromatic amines is 1. The number of H-pyrrole nitrogens is 1. The van der Waals surface area contributed by atoms with Crippen molar-refractivity contribution in [3.63, 3.8) is 0 Å². The first-order valence-corrected chi connectivity index (χ1v) is 5.05. The normalized spacial score (nSPS) is 10.1. The second kappa shape index (κ2) is 4.18. The smallest absolute Gasteiger partial charge is 0.248 e. The highest BCUT2D eigenvalue weighted by Gasteiger charge is 1.96. The first-order valence-electron chi connectivity index (χ1n) is 5.05. The second-order valence-corrected chi connectivity index (χ2v) is 3.80. The van der Waals surface area contributed by atoms with E-state index in [9.17, 15) is 4.79 Å². The molecule has 0 bridgehead atoms. The molecule has 0 saturated heterocycles. The van der Waals surface area contributed by atoms with Gasteiger partial charge in [-0.15, -0.1) is 0 Å². The molecule has 1 aromatic heterocycles. The fourth-order valence-corrected chi connectivity index (χ4v) is 1.40. The molecule has 2 aromatic rings. The zero-order valence-corrected chi connectivity index (χ0v) is 9.24. The molecule has 0 aliphatic heterocycles. The number of fused-ring (bicyclic) bond motifs is 1. The van der Waals surface area contributed by atoms with Crippen LogP contribution in [0.15, 0.2) is 40.2 Å². The third kappa shape index (κ3) is 2.28. The zero-order chi connectivity index (χ0) is 11.5. The monoisotopic (exact) mass is 215 g/mol. The second-order valence-electron chi connectivity index (χ2n) is 3.80. The SMILES string of the molecule is CC(C)=NNc1ccc2[nH]c(=O)ccc2c1. The third-order valence-electron chi connectivity index (χ3n) is 2.13. The number of hydrazone groups is 1. The van der Waals surface area contributed by atoms with Crippen LogP contribution in [0.25, 0.3) is 10.9 Å². The largest absolute Gasteiger partial charge is 0.322 e. The van der Waals surface area contributed by atoms with E-state index in [0.29, 0.717) is 0 Å². The van der Waals surface area contributed by atoms with Crippen molar-refractivity contribution < 1.29 is 0 Å². The summed E-state index contributed by atoms with van der Waals surface area (Å²) in [6, 6.07) is 8.99. The van der Waals surface area contributed by atoms with Gasteiger partial charge in [0.05, 0.1) is 5.69 Å². The molecule has 2 rings (SSSR count). The van der Waals surface area contributed by atoms with E-state index in [0.717, 1.165) is 22.3 Å². The van der Waals surface area contributed by atoms with Crippen LogP contribution in [-0.4, -0.2) is 10.7 Å². The molecular weight excluding hydrogens is 202 g/mol. The van der Waals surface area contributed by atoms with Gasteiger partial charge < -0.3 is 4.98 Å². The third-order valence-corrected chi connectivity index (χ3v) is 2.13. The van der Waals surface area contributed by atoms with Gasteiger partial charge in [0.2, 0.25) is 5.56 Å². The first kappa shape index (κ1) is 10.4. The van der Waals surface area contributed by atoms with Crippen molar-refractivity contribution in [3.8, 4) is 0 Å². The van der Waals surface area contributed by atoms with Crippen LogP contribution in [0.1, 0.15) is 13.8 Å². The Morgan fingerprint density at radius 2 is 2.06 bits per heavy atom. The molecule has 2 N–H and O–H groups in total. The summed E-state index contributed by atoms with van der Waals surface area (Å²) in [7, 11) is 0. The maximum Gasteiger partial charge on any atom is 0.248 e. The number of benzene rings is 1. The van der Waals surface area contributed by atoms with Crippen molar-refractivity contribution in [3.05, 3.63) is 40.7 Å². The van der Waals surface area contributed by atoms with Crippen LogP contribution in [0.4, 0.5) is 5.69 Å². The molecule has 0 spiro atoms. The van der Waals surface area contributed by atoms with Gasteiger partial charge in [0.15, 0.2) is 0 Å². The van der Waals surface area contributed by atoms with Crippen LogP contribution >= 0.6 is 0 Å². The molecule has 1 heterocycles. The average Bonchev–Trinajstić information content (AvgIpc) is 2.26. The standard InChI is InChI=1S/C12H13N3O/c1-8(2)14-15-10-4-5-11-9(7-10)3-6-12(16)13-11/h3-7,15H,1-2H3,(H,13,16). The minimum Gasteiger partial charge on any atom is -0.322 e. The van der Waals surface area contributed by atoms with Gasteiger partial charge in [0.1, 0.15) is 0 Å². The van der Waals surface area contributed by atoms with Gasteiger partial charge in [-0.1, -0.05) is 0 Å². The summed E-state index contributed by atoms with van der Waals surface area (Å²) in [4.78, 5) is 13.9. The Morgan fingerprint density at radius 1 is 1.25 bits per heavy atom. The van der Waals surface area contributed by atoms with E-state index in [1.165, 1.54) is 6.07 Å². The molecule has 16 heavy (non-hydrogen) atoms. The molecule has 4 nitrogen and oxygen atoms in total. The Hall–Kier alpha value is -2.10. The highest BCUT2D eigenvalue weighted by molar-refractivity contribution is 5.83. The van der Waals surface area contributed by atoms with Crippen molar-refractivity contribution in [2.45, 2.75) is 13.8 Å². The van der Waals surface area contributed by atoms with Gasteiger partial charge >= 0.3 is 0 Å². The minimum atomic E-state index is -0.0874. The van der Waals surface area contributed by atoms with Gasteiger partial charge in [-0.2, -0.15) is 5.10 Å². The zero-order valence-electron chi connectivity index (χ0n) is 9.24. The van der Waals surface area contributed by atoms with Crippen LogP contribution in [0.5, 0.6) is 0 Å². The molecular formula is C12H13N3O. The molecule has 0 atom stereocenters. The lowest BCUT2D eigenvalue weighted by atomic mass is 10.2. The minimum absolute atomic E-state index is 0.0874. The number of nitrogens with one attached hydrogen (secondary N) is 2. The topological polar surface area (TPSA) is 57.2 Å². The Kier molecular flexibility index (Phi) is 2.72. The number of aromatic nitrogens is 1. The van der Waals surface area contributed by atoms with Crippen molar-refractivity contribution in [2.75, 3.05) is 5.43 Å². The summed E-state index contributed by atoms with van der Waals surface area (Å²) < 4.78 is 0. The predicted molar refractivity (Wildman–Crippen MR) is 67.0 cm³/mol. The van der Waals surface area contributed by atoms with Crippen LogP contribution in [-0.2, 0) is 0 Å². The molecule has 0 aliphatic rings. The lowest BCUT2D eigenvalue weighted by molar-refractivity contribution is 1.29. The lowest BCUT2D eigenvalue weighted by Crippen LogP contribution is -2.02. The van der Waals surface area contributed by atoms with Gasteiger partial charge in [-0.3, -0.25) is 10.2 Å². The van der Waals surface area contributed by atoms with Gasteiger partial charge in [0, 0.05) is 22.7 Å². The Bertz CT molecular complexity index is 594. The van der Waals surface area contributed by atoms with Crippen LogP contribution in [0, 0.1) is 0 Å². The number of pyridine rings is 1. The van der Waals surface area contributed by atoms with Crippen LogP contribution < -0.4 is 11.0 Å². The molecule has 0 saturated carbocycles. The van der Waals surface area contributed by atoms with Crippen molar-refractivity contribution in [2.24, 2.45) is 5.10 Å². The highest BCUT2D eigenvalue weighted by atomic mass is 16.1. The van der Waals surface area contributed by atoms with E-state index in [1.54, 1.807) is 6.07 Å². The maximum atomic E-state index is 11.1.